The van der Waals surface area contributed by atoms with Crippen molar-refractivity contribution in [3.63, 3.8) is 0 Å². The third-order valence-electron chi connectivity index (χ3n) is 10.2. The van der Waals surface area contributed by atoms with E-state index in [4.69, 9.17) is 18.6 Å². The van der Waals surface area contributed by atoms with E-state index < -0.39 is 43.6 Å². The number of oxazole rings is 1. The summed E-state index contributed by atoms with van der Waals surface area (Å²) < 4.78 is 53.8. The first-order chi connectivity index (χ1) is 23.2. The molecule has 1 aliphatic carbocycles. The Hall–Kier alpha value is -3.79. The number of hydrogen-bond donors (Lipinski definition) is 1. The van der Waals surface area contributed by atoms with Crippen LogP contribution in [-0.2, 0) is 36.4 Å². The predicted octanol–water partition coefficient (Wildman–Crippen LogP) is 4.40. The minimum absolute atomic E-state index is 0.0400. The lowest BCUT2D eigenvalue weighted by Gasteiger charge is -2.33. The summed E-state index contributed by atoms with van der Waals surface area (Å²) in [6, 6.07) is 7.42. The third-order valence-corrected chi connectivity index (χ3v) is 13.7. The highest BCUT2D eigenvalue weighted by molar-refractivity contribution is 7.91. The highest BCUT2D eigenvalue weighted by Crippen LogP contribution is 2.43. The molecule has 2 aliphatic heterocycles. The third kappa shape index (κ3) is 5.83. The van der Waals surface area contributed by atoms with Gasteiger partial charge in [0.1, 0.15) is 28.5 Å². The van der Waals surface area contributed by atoms with E-state index in [9.17, 15) is 22.8 Å². The number of benzene rings is 1. The number of para-hydroxylation sites is 1. The Balaban J connectivity index is 1.39. The number of fused-ring (bicyclic) bond motifs is 3. The van der Waals surface area contributed by atoms with Gasteiger partial charge in [0.25, 0.3) is 11.5 Å². The maximum atomic E-state index is 14.7. The van der Waals surface area contributed by atoms with Crippen molar-refractivity contribution in [3.8, 4) is 16.5 Å². The summed E-state index contributed by atoms with van der Waals surface area (Å²) in [5.41, 5.74) is -2.19. The molecule has 1 amide bonds. The second-order valence-corrected chi connectivity index (χ2v) is 17.2. The molecule has 4 atom stereocenters. The Labute approximate surface area is 287 Å². The van der Waals surface area contributed by atoms with Gasteiger partial charge in [-0.15, -0.1) is 11.3 Å². The van der Waals surface area contributed by atoms with Gasteiger partial charge in [0.2, 0.25) is 15.9 Å². The van der Waals surface area contributed by atoms with Gasteiger partial charge < -0.3 is 18.6 Å². The first-order valence-electron chi connectivity index (χ1n) is 16.4. The smallest absolute Gasteiger partial charge is 0.333 e. The van der Waals surface area contributed by atoms with Gasteiger partial charge in [0.05, 0.1) is 53.2 Å². The molecule has 3 fully saturated rings. The number of methoxy groups -OCH3 is 1. The maximum Gasteiger partial charge on any atom is 0.333 e. The summed E-state index contributed by atoms with van der Waals surface area (Å²) >= 11 is 1.18. The van der Waals surface area contributed by atoms with Gasteiger partial charge in [-0.25, -0.2) is 22.8 Å². The number of nitrogens with zero attached hydrogens (tertiary/aromatic N) is 3. The molecule has 2 unspecified atom stereocenters. The Morgan fingerprint density at radius 2 is 1.88 bits per heavy atom. The summed E-state index contributed by atoms with van der Waals surface area (Å²) in [5, 5.41) is 0.193. The zero-order chi connectivity index (χ0) is 34.9. The van der Waals surface area contributed by atoms with E-state index in [0.717, 1.165) is 17.4 Å². The van der Waals surface area contributed by atoms with Gasteiger partial charge in [-0.2, -0.15) is 0 Å². The molecule has 5 heterocycles. The summed E-state index contributed by atoms with van der Waals surface area (Å²) in [6.07, 6.45) is 6.45. The zero-order valence-corrected chi connectivity index (χ0v) is 29.7. The molecular formula is C34H40N4O9S2. The summed E-state index contributed by atoms with van der Waals surface area (Å²) in [4.78, 5) is 48.1. The van der Waals surface area contributed by atoms with E-state index in [1.807, 2.05) is 24.3 Å². The summed E-state index contributed by atoms with van der Waals surface area (Å²) in [7, 11) is -2.49. The fourth-order valence-electron chi connectivity index (χ4n) is 6.92. The van der Waals surface area contributed by atoms with Crippen molar-refractivity contribution in [2.75, 3.05) is 7.11 Å². The van der Waals surface area contributed by atoms with Gasteiger partial charge in [-0.3, -0.25) is 18.9 Å². The molecule has 1 aromatic carbocycles. The summed E-state index contributed by atoms with van der Waals surface area (Å²) in [5.74, 6) is -0.136. The van der Waals surface area contributed by atoms with Crippen LogP contribution >= 0.6 is 11.3 Å². The lowest BCUT2D eigenvalue weighted by Crippen LogP contribution is -2.57. The van der Waals surface area contributed by atoms with E-state index in [1.54, 1.807) is 21.0 Å². The Kier molecular flexibility index (Phi) is 8.40. The minimum Gasteiger partial charge on any atom is -0.496 e. The maximum absolute atomic E-state index is 14.7. The molecular weight excluding hydrogens is 673 g/mol. The Morgan fingerprint density at radius 3 is 2.51 bits per heavy atom. The first kappa shape index (κ1) is 33.7. The Bertz CT molecular complexity index is 2130. The average molecular weight is 713 g/mol. The number of amides is 1. The summed E-state index contributed by atoms with van der Waals surface area (Å²) in [6.45, 7) is 5.99. The van der Waals surface area contributed by atoms with Crippen LogP contribution in [0.15, 0.2) is 50.7 Å². The fraction of sp³-hybridized carbons (Fsp3) is 0.529. The molecule has 1 saturated carbocycles. The van der Waals surface area contributed by atoms with Gasteiger partial charge in [-0.1, -0.05) is 18.2 Å². The van der Waals surface area contributed by atoms with Crippen LogP contribution in [0.3, 0.4) is 0 Å². The molecule has 3 aromatic heterocycles. The molecule has 13 nitrogen and oxygen atoms in total. The molecule has 262 valence electrons. The minimum atomic E-state index is -4.06. The number of thiophene rings is 1. The normalized spacial score (nSPS) is 22.3. The van der Waals surface area contributed by atoms with Crippen LogP contribution in [0.25, 0.3) is 21.0 Å². The van der Waals surface area contributed by atoms with Gasteiger partial charge in [0.15, 0.2) is 0 Å². The number of rotatable bonds is 11. The molecule has 2 saturated heterocycles. The molecule has 15 heteroatoms. The molecule has 3 aliphatic rings. The van der Waals surface area contributed by atoms with Gasteiger partial charge in [-0.05, 0) is 77.8 Å². The SMILES string of the molecule is COc1ccccc1[C@H](Cn1c(=O)n(C(C)(C)C(=O)NS(=O)(=O)C2(C)CC2)c(=O)c2c(C)c(-c3ncco3)sc21)OC1CC2CC[C@@H](C1)O2. The number of aryl methyl sites for hydroxylation is 1. The largest absolute Gasteiger partial charge is 0.496 e. The quantitative estimate of drug-likeness (QED) is 0.236. The number of carbonyl (C=O) groups is 1. The topological polar surface area (TPSA) is 161 Å². The lowest BCUT2D eigenvalue weighted by molar-refractivity contribution is -0.126. The number of aromatic nitrogens is 3. The predicted molar refractivity (Wildman–Crippen MR) is 182 cm³/mol. The van der Waals surface area contributed by atoms with Crippen molar-refractivity contribution in [2.45, 2.75) is 107 Å². The van der Waals surface area contributed by atoms with Crippen LogP contribution < -0.4 is 20.7 Å². The van der Waals surface area contributed by atoms with Crippen LogP contribution in [0.1, 0.15) is 76.5 Å². The van der Waals surface area contributed by atoms with Crippen molar-refractivity contribution in [1.29, 1.82) is 0 Å². The average Bonchev–Trinajstić information content (AvgIpc) is 3.35. The number of carbonyl (C=O) groups excluding carboxylic acids is 1. The van der Waals surface area contributed by atoms with E-state index in [0.29, 0.717) is 52.3 Å². The number of ether oxygens (including phenoxy) is 3. The van der Waals surface area contributed by atoms with Crippen LogP contribution in [0.5, 0.6) is 5.75 Å². The van der Waals surface area contributed by atoms with Crippen LogP contribution in [-0.4, -0.2) is 58.6 Å². The molecule has 2 bridgehead atoms. The highest BCUT2D eigenvalue weighted by Gasteiger charge is 2.52. The molecule has 1 N–H and O–H groups in total. The fourth-order valence-corrected chi connectivity index (χ4v) is 9.54. The lowest BCUT2D eigenvalue weighted by atomic mass is 10.0. The molecule has 49 heavy (non-hydrogen) atoms. The molecule has 7 rings (SSSR count). The van der Waals surface area contributed by atoms with Crippen LogP contribution in [0.4, 0.5) is 0 Å². The first-order valence-corrected chi connectivity index (χ1v) is 18.7. The van der Waals surface area contributed by atoms with Crippen molar-refractivity contribution in [2.24, 2.45) is 0 Å². The van der Waals surface area contributed by atoms with Crippen molar-refractivity contribution < 1.29 is 31.8 Å². The standard InChI is InChI=1S/C34H40N4O9S2/c1-19-26-29(39)38(33(2,3)31(40)36-49(42,43)34(4)12-13-34)32(41)37(30(26)48-27(19)28-35-14-15-45-28)18-25(23-8-6-7-9-24(23)44-5)47-22-16-20-10-11-21(17-22)46-20/h6-9,14-15,20-22,25H,10-13,16-18H2,1-5H3,(H,36,40)/t20-,21?,22?,25-/m0/s1. The van der Waals surface area contributed by atoms with Crippen molar-refractivity contribution >= 4 is 37.5 Å². The van der Waals surface area contributed by atoms with Crippen LogP contribution in [0, 0.1) is 6.92 Å². The number of nitrogens with one attached hydrogen (secondary N) is 1. The Morgan fingerprint density at radius 1 is 1.18 bits per heavy atom. The second-order valence-electron chi connectivity index (χ2n) is 14.0. The van der Waals surface area contributed by atoms with Crippen molar-refractivity contribution in [3.05, 3.63) is 68.7 Å². The second kappa shape index (κ2) is 12.2. The molecule has 0 spiro atoms. The zero-order valence-electron chi connectivity index (χ0n) is 28.1. The number of sulfonamides is 1. The highest BCUT2D eigenvalue weighted by atomic mass is 32.2. The van der Waals surface area contributed by atoms with Gasteiger partial charge in [0, 0.05) is 5.56 Å². The van der Waals surface area contributed by atoms with E-state index >= 15 is 0 Å². The van der Waals surface area contributed by atoms with Crippen molar-refractivity contribution in [1.82, 2.24) is 18.8 Å². The van der Waals surface area contributed by atoms with E-state index in [2.05, 4.69) is 9.71 Å². The molecule has 0 radical (unpaired) electrons. The van der Waals surface area contributed by atoms with Gasteiger partial charge >= 0.3 is 5.69 Å². The van der Waals surface area contributed by atoms with E-state index in [-0.39, 0.29) is 36.1 Å². The van der Waals surface area contributed by atoms with E-state index in [1.165, 1.54) is 42.2 Å². The van der Waals surface area contributed by atoms with Crippen LogP contribution in [0.2, 0.25) is 0 Å². The number of hydrogen-bond acceptors (Lipinski definition) is 11. The molecule has 4 aromatic rings. The monoisotopic (exact) mass is 712 g/mol.